The largest absolute Gasteiger partial charge is 0.454 e. The van der Waals surface area contributed by atoms with Gasteiger partial charge in [-0.3, -0.25) is 9.78 Å². The fourth-order valence-corrected chi connectivity index (χ4v) is 1.87. The molecule has 0 fully saturated rings. The monoisotopic (exact) mass is 241 g/mol. The molecule has 0 aliphatic carbocycles. The molecule has 0 saturated carbocycles. The fraction of sp³-hybridized carbons (Fsp3) is 0.143. The van der Waals surface area contributed by atoms with Crippen LogP contribution in [0.15, 0.2) is 42.7 Å². The molecule has 0 amide bonds. The fourth-order valence-electron chi connectivity index (χ4n) is 1.87. The van der Waals surface area contributed by atoms with Crippen molar-refractivity contribution in [3.8, 4) is 11.5 Å². The topological polar surface area (TPSA) is 48.4 Å². The molecule has 2 heterocycles. The summed E-state index contributed by atoms with van der Waals surface area (Å²) in [6, 6.07) is 9.07. The maximum absolute atomic E-state index is 12.0. The molecule has 4 nitrogen and oxygen atoms in total. The molecule has 90 valence electrons. The van der Waals surface area contributed by atoms with Crippen molar-refractivity contribution in [1.82, 2.24) is 4.98 Å². The van der Waals surface area contributed by atoms with Gasteiger partial charge < -0.3 is 9.47 Å². The lowest BCUT2D eigenvalue weighted by Gasteiger charge is -2.02. The van der Waals surface area contributed by atoms with E-state index in [4.69, 9.17) is 9.47 Å². The second kappa shape index (κ2) is 4.49. The summed E-state index contributed by atoms with van der Waals surface area (Å²) in [5.74, 6) is 1.47. The number of carbonyl (C=O) groups is 1. The van der Waals surface area contributed by atoms with Gasteiger partial charge in [0.2, 0.25) is 6.79 Å². The van der Waals surface area contributed by atoms with E-state index in [9.17, 15) is 4.79 Å². The number of nitrogens with zero attached hydrogens (tertiary/aromatic N) is 1. The number of carbonyl (C=O) groups excluding carboxylic acids is 1. The molecule has 0 atom stereocenters. The summed E-state index contributed by atoms with van der Waals surface area (Å²) in [6.45, 7) is 0.245. The van der Waals surface area contributed by atoms with Crippen molar-refractivity contribution in [3.05, 3.63) is 53.9 Å². The summed E-state index contributed by atoms with van der Waals surface area (Å²) in [5, 5.41) is 0. The van der Waals surface area contributed by atoms with Gasteiger partial charge in [0.25, 0.3) is 0 Å². The minimum Gasteiger partial charge on any atom is -0.454 e. The van der Waals surface area contributed by atoms with Gasteiger partial charge >= 0.3 is 0 Å². The smallest absolute Gasteiger partial charge is 0.231 e. The number of ether oxygens (including phenoxy) is 2. The molecule has 0 unspecified atom stereocenters. The molecule has 1 aliphatic rings. The van der Waals surface area contributed by atoms with Crippen LogP contribution in [0, 0.1) is 0 Å². The van der Waals surface area contributed by atoms with Crippen molar-refractivity contribution in [2.75, 3.05) is 6.79 Å². The van der Waals surface area contributed by atoms with Crippen molar-refractivity contribution in [2.45, 2.75) is 6.42 Å². The van der Waals surface area contributed by atoms with Gasteiger partial charge in [0.05, 0.1) is 0 Å². The van der Waals surface area contributed by atoms with Crippen LogP contribution in [0.3, 0.4) is 0 Å². The first-order valence-electron chi connectivity index (χ1n) is 5.65. The molecule has 0 saturated heterocycles. The van der Waals surface area contributed by atoms with Gasteiger partial charge in [-0.25, -0.2) is 0 Å². The van der Waals surface area contributed by atoms with Crippen molar-refractivity contribution in [1.29, 1.82) is 0 Å². The average Bonchev–Trinajstić information content (AvgIpc) is 2.87. The van der Waals surface area contributed by atoms with E-state index in [1.54, 1.807) is 24.5 Å². The normalized spacial score (nSPS) is 12.4. The van der Waals surface area contributed by atoms with Gasteiger partial charge in [-0.05, 0) is 29.8 Å². The summed E-state index contributed by atoms with van der Waals surface area (Å²) in [5.41, 5.74) is 1.53. The standard InChI is InChI=1S/C14H11NO3/c16-12(11-2-1-5-15-8-11)6-10-3-4-13-14(7-10)18-9-17-13/h1-5,7-8H,6,9H2. The van der Waals surface area contributed by atoms with Crippen LogP contribution in [0.1, 0.15) is 15.9 Å². The van der Waals surface area contributed by atoms with Gasteiger partial charge in [-0.1, -0.05) is 6.07 Å². The first kappa shape index (κ1) is 10.8. The molecule has 0 bridgehead atoms. The van der Waals surface area contributed by atoms with E-state index in [1.165, 1.54) is 0 Å². The Bertz CT molecular complexity index is 581. The van der Waals surface area contributed by atoms with Crippen molar-refractivity contribution < 1.29 is 14.3 Å². The summed E-state index contributed by atoms with van der Waals surface area (Å²) < 4.78 is 10.5. The second-order valence-electron chi connectivity index (χ2n) is 4.03. The zero-order valence-electron chi connectivity index (χ0n) is 9.63. The predicted molar refractivity (Wildman–Crippen MR) is 64.8 cm³/mol. The van der Waals surface area contributed by atoms with E-state index in [2.05, 4.69) is 4.98 Å². The van der Waals surface area contributed by atoms with E-state index in [-0.39, 0.29) is 12.6 Å². The third kappa shape index (κ3) is 2.05. The highest BCUT2D eigenvalue weighted by molar-refractivity contribution is 5.97. The minimum atomic E-state index is 0.0435. The van der Waals surface area contributed by atoms with Gasteiger partial charge in [0.15, 0.2) is 17.3 Å². The van der Waals surface area contributed by atoms with Gasteiger partial charge in [0, 0.05) is 24.4 Å². The van der Waals surface area contributed by atoms with Crippen LogP contribution in [0.4, 0.5) is 0 Å². The third-order valence-corrected chi connectivity index (χ3v) is 2.79. The lowest BCUT2D eigenvalue weighted by atomic mass is 10.0. The molecule has 2 aromatic rings. The molecular formula is C14H11NO3. The first-order valence-corrected chi connectivity index (χ1v) is 5.65. The second-order valence-corrected chi connectivity index (χ2v) is 4.03. The molecule has 0 N–H and O–H groups in total. The van der Waals surface area contributed by atoms with Crippen LogP contribution in [-0.4, -0.2) is 17.6 Å². The highest BCUT2D eigenvalue weighted by Crippen LogP contribution is 2.32. The van der Waals surface area contributed by atoms with Crippen LogP contribution in [0.2, 0.25) is 0 Å². The Morgan fingerprint density at radius 2 is 2.11 bits per heavy atom. The summed E-state index contributed by atoms with van der Waals surface area (Å²) in [7, 11) is 0. The number of pyridine rings is 1. The Hall–Kier alpha value is -2.36. The van der Waals surface area contributed by atoms with E-state index in [0.29, 0.717) is 17.7 Å². The van der Waals surface area contributed by atoms with Crippen molar-refractivity contribution in [3.63, 3.8) is 0 Å². The number of rotatable bonds is 3. The Morgan fingerprint density at radius 3 is 2.94 bits per heavy atom. The van der Waals surface area contributed by atoms with Crippen LogP contribution in [0.5, 0.6) is 11.5 Å². The maximum Gasteiger partial charge on any atom is 0.231 e. The lowest BCUT2D eigenvalue weighted by molar-refractivity contribution is 0.0992. The molecule has 0 radical (unpaired) electrons. The number of Topliss-reactive ketones (excluding diaryl/α,β-unsaturated/α-hetero) is 1. The number of ketones is 1. The van der Waals surface area contributed by atoms with Crippen molar-refractivity contribution >= 4 is 5.78 Å². The molecular weight excluding hydrogens is 230 g/mol. The number of fused-ring (bicyclic) bond motifs is 1. The molecule has 18 heavy (non-hydrogen) atoms. The van der Waals surface area contributed by atoms with Crippen LogP contribution >= 0.6 is 0 Å². The highest BCUT2D eigenvalue weighted by Gasteiger charge is 2.14. The lowest BCUT2D eigenvalue weighted by Crippen LogP contribution is -2.03. The number of aromatic nitrogens is 1. The summed E-state index contributed by atoms with van der Waals surface area (Å²) in [6.07, 6.45) is 3.56. The van der Waals surface area contributed by atoms with E-state index in [0.717, 1.165) is 11.3 Å². The van der Waals surface area contributed by atoms with Crippen LogP contribution in [-0.2, 0) is 6.42 Å². The quantitative estimate of drug-likeness (QED) is 0.773. The molecule has 1 aliphatic heterocycles. The number of hydrogen-bond donors (Lipinski definition) is 0. The van der Waals surface area contributed by atoms with Gasteiger partial charge in [-0.15, -0.1) is 0 Å². The third-order valence-electron chi connectivity index (χ3n) is 2.79. The van der Waals surface area contributed by atoms with Crippen LogP contribution in [0.25, 0.3) is 0 Å². The SMILES string of the molecule is O=C(Cc1ccc2c(c1)OCO2)c1cccnc1. The Kier molecular flexibility index (Phi) is 2.68. The van der Waals surface area contributed by atoms with Gasteiger partial charge in [-0.2, -0.15) is 0 Å². The minimum absolute atomic E-state index is 0.0435. The summed E-state index contributed by atoms with van der Waals surface area (Å²) in [4.78, 5) is 15.9. The zero-order chi connectivity index (χ0) is 12.4. The Labute approximate surface area is 104 Å². The average molecular weight is 241 g/mol. The number of benzene rings is 1. The summed E-state index contributed by atoms with van der Waals surface area (Å²) >= 11 is 0. The Balaban J connectivity index is 1.79. The van der Waals surface area contributed by atoms with E-state index in [1.807, 2.05) is 18.2 Å². The Morgan fingerprint density at radius 1 is 1.22 bits per heavy atom. The molecule has 1 aromatic heterocycles. The first-order chi connectivity index (χ1) is 8.83. The maximum atomic E-state index is 12.0. The molecule has 3 rings (SSSR count). The van der Waals surface area contributed by atoms with E-state index >= 15 is 0 Å². The van der Waals surface area contributed by atoms with Crippen molar-refractivity contribution in [2.24, 2.45) is 0 Å². The van der Waals surface area contributed by atoms with Crippen LogP contribution < -0.4 is 9.47 Å². The molecule has 4 heteroatoms. The highest BCUT2D eigenvalue weighted by atomic mass is 16.7. The van der Waals surface area contributed by atoms with Gasteiger partial charge in [0.1, 0.15) is 0 Å². The zero-order valence-corrected chi connectivity index (χ0v) is 9.63. The number of hydrogen-bond acceptors (Lipinski definition) is 4. The predicted octanol–water partition coefficient (Wildman–Crippen LogP) is 2.24. The molecule has 1 aromatic carbocycles. The van der Waals surface area contributed by atoms with E-state index < -0.39 is 0 Å². The molecule has 0 spiro atoms.